The van der Waals surface area contributed by atoms with Crippen LogP contribution in [0, 0.1) is 12.3 Å². The SMILES string of the molecule is C#CC(Br)C(F)(F)Br. The maximum atomic E-state index is 11.8. The molecule has 8 heavy (non-hydrogen) atoms. The van der Waals surface area contributed by atoms with Crippen molar-refractivity contribution in [2.75, 3.05) is 0 Å². The predicted octanol–water partition coefficient (Wildman–Crippen LogP) is 2.37. The highest BCUT2D eigenvalue weighted by Crippen LogP contribution is 2.30. The van der Waals surface area contributed by atoms with Gasteiger partial charge < -0.3 is 0 Å². The van der Waals surface area contributed by atoms with Crippen molar-refractivity contribution >= 4 is 31.9 Å². The Bertz CT molecular complexity index is 110. The summed E-state index contributed by atoms with van der Waals surface area (Å²) in [7, 11) is 0. The predicted molar refractivity (Wildman–Crippen MR) is 35.4 cm³/mol. The molecule has 0 saturated heterocycles. The van der Waals surface area contributed by atoms with Gasteiger partial charge in [0.1, 0.15) is 4.83 Å². The average Bonchev–Trinajstić information content (AvgIpc) is 1.62. The highest BCUT2D eigenvalue weighted by Gasteiger charge is 2.32. The first-order chi connectivity index (χ1) is 3.48. The summed E-state index contributed by atoms with van der Waals surface area (Å²) in [6, 6.07) is 0. The molecule has 0 aliphatic carbocycles. The smallest absolute Gasteiger partial charge is 0.191 e. The van der Waals surface area contributed by atoms with E-state index in [1.807, 2.05) is 5.92 Å². The van der Waals surface area contributed by atoms with Crippen molar-refractivity contribution in [3.63, 3.8) is 0 Å². The third kappa shape index (κ3) is 2.63. The van der Waals surface area contributed by atoms with E-state index in [-0.39, 0.29) is 0 Å². The van der Waals surface area contributed by atoms with E-state index in [0.717, 1.165) is 0 Å². The Morgan fingerprint density at radius 3 is 2.00 bits per heavy atom. The van der Waals surface area contributed by atoms with Crippen LogP contribution in [0.15, 0.2) is 0 Å². The quantitative estimate of drug-likeness (QED) is 0.493. The first kappa shape index (κ1) is 8.38. The van der Waals surface area contributed by atoms with Gasteiger partial charge in [0, 0.05) is 0 Å². The lowest BCUT2D eigenvalue weighted by Crippen LogP contribution is -2.18. The Labute approximate surface area is 62.9 Å². The minimum absolute atomic E-state index is 1.23. The third-order valence-electron chi connectivity index (χ3n) is 0.434. The zero-order chi connectivity index (χ0) is 6.78. The standard InChI is InChI=1S/C4H2Br2F2/c1-2-3(5)4(6,7)8/h1,3H. The summed E-state index contributed by atoms with van der Waals surface area (Å²) < 4.78 is 23.7. The number of hydrogen-bond donors (Lipinski definition) is 0. The van der Waals surface area contributed by atoms with Crippen LogP contribution in [0.25, 0.3) is 0 Å². The lowest BCUT2D eigenvalue weighted by molar-refractivity contribution is 0.128. The number of hydrogen-bond acceptors (Lipinski definition) is 0. The van der Waals surface area contributed by atoms with E-state index in [9.17, 15) is 8.78 Å². The summed E-state index contributed by atoms with van der Waals surface area (Å²) in [6.45, 7) is 0. The molecule has 46 valence electrons. The van der Waals surface area contributed by atoms with Crippen LogP contribution in [0.1, 0.15) is 0 Å². The molecule has 0 amide bonds. The van der Waals surface area contributed by atoms with Crippen molar-refractivity contribution in [1.29, 1.82) is 0 Å². The van der Waals surface area contributed by atoms with Gasteiger partial charge in [-0.3, -0.25) is 0 Å². The molecule has 1 unspecified atom stereocenters. The second kappa shape index (κ2) is 2.79. The normalized spacial score (nSPS) is 14.9. The molecule has 0 heterocycles. The second-order valence-electron chi connectivity index (χ2n) is 1.07. The zero-order valence-corrected chi connectivity index (χ0v) is 6.84. The summed E-state index contributed by atoms with van der Waals surface area (Å²) in [5.74, 6) is 1.82. The van der Waals surface area contributed by atoms with Crippen LogP contribution in [-0.2, 0) is 0 Å². The Hall–Kier alpha value is 0.380. The lowest BCUT2D eigenvalue weighted by atomic mass is 10.5. The Morgan fingerprint density at radius 1 is 1.62 bits per heavy atom. The molecule has 1 atom stereocenters. The van der Waals surface area contributed by atoms with Crippen LogP contribution < -0.4 is 0 Å². The Morgan fingerprint density at radius 2 is 2.00 bits per heavy atom. The first-order valence-electron chi connectivity index (χ1n) is 1.65. The lowest BCUT2D eigenvalue weighted by Gasteiger charge is -2.07. The Balaban J connectivity index is 3.87. The van der Waals surface area contributed by atoms with E-state index in [0.29, 0.717) is 0 Å². The van der Waals surface area contributed by atoms with Gasteiger partial charge in [0.2, 0.25) is 0 Å². The molecule has 0 spiro atoms. The average molecular weight is 248 g/mol. The van der Waals surface area contributed by atoms with Gasteiger partial charge in [-0.15, -0.1) is 6.42 Å². The third-order valence-corrected chi connectivity index (χ3v) is 2.35. The van der Waals surface area contributed by atoms with Crippen LogP contribution in [0.4, 0.5) is 8.78 Å². The molecule has 0 aromatic carbocycles. The molecule has 4 heteroatoms. The van der Waals surface area contributed by atoms with Gasteiger partial charge in [-0.1, -0.05) is 21.9 Å². The van der Waals surface area contributed by atoms with Crippen molar-refractivity contribution < 1.29 is 8.78 Å². The molecular weight excluding hydrogens is 246 g/mol. The van der Waals surface area contributed by atoms with E-state index in [1.165, 1.54) is 0 Å². The number of halogens is 4. The molecule has 0 bridgehead atoms. The van der Waals surface area contributed by atoms with E-state index in [1.54, 1.807) is 0 Å². The molecule has 0 aromatic heterocycles. The summed E-state index contributed by atoms with van der Waals surface area (Å²) >= 11 is 4.65. The largest absolute Gasteiger partial charge is 0.324 e. The minimum atomic E-state index is -3.00. The van der Waals surface area contributed by atoms with Crippen LogP contribution in [0.2, 0.25) is 0 Å². The molecule has 0 aliphatic rings. The van der Waals surface area contributed by atoms with Gasteiger partial charge in [0.15, 0.2) is 0 Å². The summed E-state index contributed by atoms with van der Waals surface area (Å²) in [5, 5.41) is 0. The van der Waals surface area contributed by atoms with E-state index in [4.69, 9.17) is 0 Å². The van der Waals surface area contributed by atoms with Crippen LogP contribution in [0.3, 0.4) is 0 Å². The fourth-order valence-corrected chi connectivity index (χ4v) is 0.227. The second-order valence-corrected chi connectivity index (χ2v) is 3.04. The number of terminal acetylenes is 1. The fraction of sp³-hybridized carbons (Fsp3) is 0.500. The molecule has 0 radical (unpaired) electrons. The van der Waals surface area contributed by atoms with Gasteiger partial charge in [-0.25, -0.2) is 0 Å². The van der Waals surface area contributed by atoms with Crippen molar-refractivity contribution in [3.8, 4) is 12.3 Å². The highest BCUT2D eigenvalue weighted by molar-refractivity contribution is 9.12. The van der Waals surface area contributed by atoms with Crippen LogP contribution in [-0.4, -0.2) is 9.66 Å². The van der Waals surface area contributed by atoms with Crippen molar-refractivity contribution in [2.45, 2.75) is 9.66 Å². The van der Waals surface area contributed by atoms with E-state index < -0.39 is 9.66 Å². The van der Waals surface area contributed by atoms with Gasteiger partial charge in [0.05, 0.1) is 0 Å². The fourth-order valence-electron chi connectivity index (χ4n) is 0.0945. The zero-order valence-electron chi connectivity index (χ0n) is 3.67. The molecule has 0 rings (SSSR count). The van der Waals surface area contributed by atoms with Crippen molar-refractivity contribution in [2.24, 2.45) is 0 Å². The Kier molecular flexibility index (Phi) is 2.92. The van der Waals surface area contributed by atoms with E-state index in [2.05, 4.69) is 38.3 Å². The van der Waals surface area contributed by atoms with Crippen molar-refractivity contribution in [3.05, 3.63) is 0 Å². The maximum absolute atomic E-state index is 11.8. The van der Waals surface area contributed by atoms with Gasteiger partial charge in [0.25, 0.3) is 0 Å². The van der Waals surface area contributed by atoms with Crippen molar-refractivity contribution in [1.82, 2.24) is 0 Å². The first-order valence-corrected chi connectivity index (χ1v) is 3.36. The molecule has 0 N–H and O–H groups in total. The number of alkyl halides is 4. The molecule has 0 aromatic rings. The molecular formula is C4H2Br2F2. The van der Waals surface area contributed by atoms with Gasteiger partial charge in [-0.05, 0) is 15.9 Å². The summed E-state index contributed by atoms with van der Waals surface area (Å²) in [4.78, 5) is -4.23. The minimum Gasteiger partial charge on any atom is -0.191 e. The van der Waals surface area contributed by atoms with Crippen LogP contribution >= 0.6 is 31.9 Å². The molecule has 0 fully saturated rings. The molecule has 0 nitrogen and oxygen atoms in total. The highest BCUT2D eigenvalue weighted by atomic mass is 79.9. The monoisotopic (exact) mass is 246 g/mol. The number of rotatable bonds is 1. The van der Waals surface area contributed by atoms with E-state index >= 15 is 0 Å². The maximum Gasteiger partial charge on any atom is 0.324 e. The van der Waals surface area contributed by atoms with Gasteiger partial charge in [-0.2, -0.15) is 8.78 Å². The van der Waals surface area contributed by atoms with Gasteiger partial charge >= 0.3 is 4.83 Å². The molecule has 0 saturated carbocycles. The topological polar surface area (TPSA) is 0 Å². The molecule has 0 aliphatic heterocycles. The van der Waals surface area contributed by atoms with Crippen LogP contribution in [0.5, 0.6) is 0 Å². The summed E-state index contributed by atoms with van der Waals surface area (Å²) in [6.07, 6.45) is 4.65. The summed E-state index contributed by atoms with van der Waals surface area (Å²) in [5.41, 5.74) is 0.